The summed E-state index contributed by atoms with van der Waals surface area (Å²) in [5, 5.41) is 3.03. The van der Waals surface area contributed by atoms with Gasteiger partial charge in [0.2, 0.25) is 0 Å². The molecule has 1 N–H and O–H groups in total. The number of nitrogens with one attached hydrogen (secondary N) is 1. The van der Waals surface area contributed by atoms with Crippen LogP contribution in [0, 0.1) is 17.6 Å². The summed E-state index contributed by atoms with van der Waals surface area (Å²) in [6.07, 6.45) is 1.79. The molecule has 1 aromatic carbocycles. The van der Waals surface area contributed by atoms with E-state index in [1.54, 1.807) is 0 Å². The van der Waals surface area contributed by atoms with Crippen molar-refractivity contribution in [2.45, 2.75) is 40.2 Å². The van der Waals surface area contributed by atoms with E-state index in [0.717, 1.165) is 19.4 Å². The summed E-state index contributed by atoms with van der Waals surface area (Å²) in [5.74, 6) is -0.945. The molecule has 4 heteroatoms. The first-order chi connectivity index (χ1) is 9.04. The van der Waals surface area contributed by atoms with Gasteiger partial charge in [-0.05, 0) is 43.0 Å². The van der Waals surface area contributed by atoms with Crippen molar-refractivity contribution in [3.8, 4) is 5.75 Å². The lowest BCUT2D eigenvalue weighted by atomic mass is 10.1. The van der Waals surface area contributed by atoms with Gasteiger partial charge in [0.05, 0.1) is 6.61 Å². The van der Waals surface area contributed by atoms with E-state index in [4.69, 9.17) is 4.74 Å². The molecule has 0 atom stereocenters. The Labute approximate surface area is 114 Å². The molecule has 0 saturated heterocycles. The smallest absolute Gasteiger partial charge is 0.190 e. The minimum absolute atomic E-state index is 0.260. The van der Waals surface area contributed by atoms with Crippen molar-refractivity contribution in [2.75, 3.05) is 13.2 Å². The van der Waals surface area contributed by atoms with E-state index in [1.807, 2.05) is 6.92 Å². The maximum Gasteiger partial charge on any atom is 0.190 e. The Bertz CT molecular complexity index is 371. The molecule has 0 radical (unpaired) electrons. The SMILES string of the molecule is CCNCc1cc(F)c(OCCCC(C)C)c(F)c1. The van der Waals surface area contributed by atoms with E-state index < -0.39 is 11.6 Å². The van der Waals surface area contributed by atoms with Crippen LogP contribution >= 0.6 is 0 Å². The highest BCUT2D eigenvalue weighted by molar-refractivity contribution is 5.31. The first-order valence-electron chi connectivity index (χ1n) is 6.86. The fourth-order valence-electron chi connectivity index (χ4n) is 1.79. The monoisotopic (exact) mass is 271 g/mol. The molecule has 0 aliphatic rings. The van der Waals surface area contributed by atoms with E-state index in [1.165, 1.54) is 12.1 Å². The Hall–Kier alpha value is -1.16. The van der Waals surface area contributed by atoms with Gasteiger partial charge >= 0.3 is 0 Å². The lowest BCUT2D eigenvalue weighted by Gasteiger charge is -2.11. The molecule has 0 bridgehead atoms. The first kappa shape index (κ1) is 15.9. The molecule has 0 unspecified atom stereocenters. The van der Waals surface area contributed by atoms with Crippen LogP contribution in [0.15, 0.2) is 12.1 Å². The molecule has 0 fully saturated rings. The minimum atomic E-state index is -0.627. The van der Waals surface area contributed by atoms with Crippen molar-refractivity contribution in [1.29, 1.82) is 0 Å². The summed E-state index contributed by atoms with van der Waals surface area (Å²) in [7, 11) is 0. The highest BCUT2D eigenvalue weighted by Gasteiger charge is 2.12. The van der Waals surface area contributed by atoms with Crippen LogP contribution in [-0.4, -0.2) is 13.2 Å². The number of halogens is 2. The molecule has 0 saturated carbocycles. The molecule has 19 heavy (non-hydrogen) atoms. The third-order valence-corrected chi connectivity index (χ3v) is 2.81. The summed E-state index contributed by atoms with van der Waals surface area (Å²) in [4.78, 5) is 0. The third kappa shape index (κ3) is 5.55. The number of rotatable bonds is 8. The molecule has 0 aromatic heterocycles. The number of benzene rings is 1. The highest BCUT2D eigenvalue weighted by atomic mass is 19.1. The van der Waals surface area contributed by atoms with E-state index in [-0.39, 0.29) is 5.75 Å². The zero-order chi connectivity index (χ0) is 14.3. The molecule has 108 valence electrons. The van der Waals surface area contributed by atoms with Gasteiger partial charge in [0, 0.05) is 6.54 Å². The van der Waals surface area contributed by atoms with Gasteiger partial charge in [0.25, 0.3) is 0 Å². The van der Waals surface area contributed by atoms with Crippen LogP contribution in [0.2, 0.25) is 0 Å². The fourth-order valence-corrected chi connectivity index (χ4v) is 1.79. The van der Waals surface area contributed by atoms with Crippen LogP contribution in [0.3, 0.4) is 0 Å². The zero-order valence-corrected chi connectivity index (χ0v) is 11.9. The van der Waals surface area contributed by atoms with E-state index >= 15 is 0 Å². The lowest BCUT2D eigenvalue weighted by molar-refractivity contribution is 0.270. The van der Waals surface area contributed by atoms with E-state index in [2.05, 4.69) is 19.2 Å². The maximum atomic E-state index is 13.7. The Balaban J connectivity index is 2.58. The number of hydrogen-bond donors (Lipinski definition) is 1. The molecule has 1 rings (SSSR count). The van der Waals surface area contributed by atoms with Gasteiger partial charge in [0.1, 0.15) is 0 Å². The third-order valence-electron chi connectivity index (χ3n) is 2.81. The van der Waals surface area contributed by atoms with Crippen molar-refractivity contribution in [3.05, 3.63) is 29.3 Å². The van der Waals surface area contributed by atoms with Crippen molar-refractivity contribution < 1.29 is 13.5 Å². The Kier molecular flexibility index (Phi) is 6.78. The lowest BCUT2D eigenvalue weighted by Crippen LogP contribution is -2.12. The summed E-state index contributed by atoms with van der Waals surface area (Å²) < 4.78 is 32.7. The van der Waals surface area contributed by atoms with Crippen LogP contribution in [0.1, 0.15) is 39.2 Å². The second-order valence-electron chi connectivity index (χ2n) is 5.05. The van der Waals surface area contributed by atoms with Gasteiger partial charge in [-0.1, -0.05) is 20.8 Å². The Morgan fingerprint density at radius 1 is 1.21 bits per heavy atom. The summed E-state index contributed by atoms with van der Waals surface area (Å²) in [6, 6.07) is 2.65. The van der Waals surface area contributed by atoms with Crippen LogP contribution in [-0.2, 0) is 6.54 Å². The standard InChI is InChI=1S/C15H23F2NO/c1-4-18-10-12-8-13(16)15(14(17)9-12)19-7-5-6-11(2)3/h8-9,11,18H,4-7,10H2,1-3H3. The van der Waals surface area contributed by atoms with Gasteiger partial charge in [-0.15, -0.1) is 0 Å². The van der Waals surface area contributed by atoms with E-state index in [0.29, 0.717) is 24.6 Å². The van der Waals surface area contributed by atoms with Gasteiger partial charge in [0.15, 0.2) is 17.4 Å². The molecule has 1 aromatic rings. The van der Waals surface area contributed by atoms with Crippen LogP contribution in [0.25, 0.3) is 0 Å². The average Bonchev–Trinajstić information content (AvgIpc) is 2.34. The Morgan fingerprint density at radius 2 is 1.84 bits per heavy atom. The predicted molar refractivity (Wildman–Crippen MR) is 73.3 cm³/mol. The fraction of sp³-hybridized carbons (Fsp3) is 0.600. The molecule has 0 aliphatic carbocycles. The van der Waals surface area contributed by atoms with Crippen molar-refractivity contribution in [1.82, 2.24) is 5.32 Å². The van der Waals surface area contributed by atoms with Crippen molar-refractivity contribution in [3.63, 3.8) is 0 Å². The molecular weight excluding hydrogens is 248 g/mol. The van der Waals surface area contributed by atoms with Crippen molar-refractivity contribution >= 4 is 0 Å². The number of hydrogen-bond acceptors (Lipinski definition) is 2. The quantitative estimate of drug-likeness (QED) is 0.724. The normalized spacial score (nSPS) is 11.1. The molecule has 0 aliphatic heterocycles. The molecule has 2 nitrogen and oxygen atoms in total. The minimum Gasteiger partial charge on any atom is -0.488 e. The first-order valence-corrected chi connectivity index (χ1v) is 6.86. The van der Waals surface area contributed by atoms with Crippen LogP contribution < -0.4 is 10.1 Å². The van der Waals surface area contributed by atoms with Gasteiger partial charge in [-0.2, -0.15) is 0 Å². The van der Waals surface area contributed by atoms with E-state index in [9.17, 15) is 8.78 Å². The molecule has 0 spiro atoms. The van der Waals surface area contributed by atoms with Crippen LogP contribution in [0.5, 0.6) is 5.75 Å². The van der Waals surface area contributed by atoms with Crippen molar-refractivity contribution in [2.24, 2.45) is 5.92 Å². The number of ether oxygens (including phenoxy) is 1. The Morgan fingerprint density at radius 3 is 2.37 bits per heavy atom. The molecule has 0 heterocycles. The maximum absolute atomic E-state index is 13.7. The molecular formula is C15H23F2NO. The zero-order valence-electron chi connectivity index (χ0n) is 11.9. The van der Waals surface area contributed by atoms with Crippen LogP contribution in [0.4, 0.5) is 8.78 Å². The van der Waals surface area contributed by atoms with Gasteiger partial charge in [-0.3, -0.25) is 0 Å². The van der Waals surface area contributed by atoms with Gasteiger partial charge in [-0.25, -0.2) is 8.78 Å². The average molecular weight is 271 g/mol. The second-order valence-corrected chi connectivity index (χ2v) is 5.05. The predicted octanol–water partition coefficient (Wildman–Crippen LogP) is 3.89. The highest BCUT2D eigenvalue weighted by Crippen LogP contribution is 2.23. The molecule has 0 amide bonds. The topological polar surface area (TPSA) is 21.3 Å². The summed E-state index contributed by atoms with van der Waals surface area (Å²) >= 11 is 0. The second kappa shape index (κ2) is 8.10. The van der Waals surface area contributed by atoms with Gasteiger partial charge < -0.3 is 10.1 Å². The summed E-state index contributed by atoms with van der Waals surface area (Å²) in [6.45, 7) is 7.72. The largest absolute Gasteiger partial charge is 0.488 e. The summed E-state index contributed by atoms with van der Waals surface area (Å²) in [5.41, 5.74) is 0.589.